The second-order valence-corrected chi connectivity index (χ2v) is 6.85. The summed E-state index contributed by atoms with van der Waals surface area (Å²) in [6.07, 6.45) is 1.49. The molecule has 4 nitrogen and oxygen atoms in total. The van der Waals surface area contributed by atoms with Gasteiger partial charge in [-0.15, -0.1) is 0 Å². The van der Waals surface area contributed by atoms with Crippen LogP contribution in [0, 0.1) is 5.82 Å². The third-order valence-corrected chi connectivity index (χ3v) is 4.89. The van der Waals surface area contributed by atoms with E-state index in [1.807, 2.05) is 0 Å². The minimum atomic E-state index is -2.93. The van der Waals surface area contributed by atoms with Crippen molar-refractivity contribution >= 4 is 9.84 Å². The zero-order chi connectivity index (χ0) is 13.2. The smallest absolute Gasteiger partial charge is 0.165 e. The fourth-order valence-corrected chi connectivity index (χ4v) is 3.78. The predicted octanol–water partition coefficient (Wildman–Crippen LogP) is 1.20. The van der Waals surface area contributed by atoms with Crippen molar-refractivity contribution in [2.75, 3.05) is 11.5 Å². The van der Waals surface area contributed by atoms with Crippen LogP contribution in [0.3, 0.4) is 0 Å². The number of halogens is 1. The van der Waals surface area contributed by atoms with Gasteiger partial charge in [-0.25, -0.2) is 12.8 Å². The summed E-state index contributed by atoms with van der Waals surface area (Å²) in [5, 5.41) is 12.2. The minimum absolute atomic E-state index is 0.0689. The van der Waals surface area contributed by atoms with Gasteiger partial charge >= 0.3 is 0 Å². The van der Waals surface area contributed by atoms with Crippen molar-refractivity contribution in [3.05, 3.63) is 29.6 Å². The molecule has 1 unspecified atom stereocenters. The molecular formula is C12H16FNO3S. The number of hydrogen-bond donors (Lipinski definition) is 2. The molecule has 0 spiro atoms. The lowest BCUT2D eigenvalue weighted by molar-refractivity contribution is 0.430. The van der Waals surface area contributed by atoms with Crippen molar-refractivity contribution in [1.82, 2.24) is 5.32 Å². The molecule has 1 aliphatic rings. The minimum Gasteiger partial charge on any atom is -0.505 e. The van der Waals surface area contributed by atoms with Gasteiger partial charge in [-0.3, -0.25) is 0 Å². The number of rotatable bonds is 3. The fraction of sp³-hybridized carbons (Fsp3) is 0.500. The molecule has 0 aromatic heterocycles. The molecule has 1 aromatic carbocycles. The fourth-order valence-electron chi connectivity index (χ4n) is 2.11. The third-order valence-electron chi connectivity index (χ3n) is 3.07. The molecule has 1 heterocycles. The average Bonchev–Trinajstić information content (AvgIpc) is 2.29. The number of benzene rings is 1. The quantitative estimate of drug-likeness (QED) is 0.868. The number of nitrogens with one attached hydrogen (secondary N) is 1. The molecule has 0 saturated carbocycles. The van der Waals surface area contributed by atoms with Crippen LogP contribution in [-0.2, 0) is 16.4 Å². The summed E-state index contributed by atoms with van der Waals surface area (Å²) in [6.45, 7) is 0.400. The molecule has 1 aliphatic heterocycles. The van der Waals surface area contributed by atoms with Gasteiger partial charge in [0.05, 0.1) is 11.5 Å². The van der Waals surface area contributed by atoms with E-state index >= 15 is 0 Å². The van der Waals surface area contributed by atoms with Gasteiger partial charge in [0.1, 0.15) is 0 Å². The molecule has 1 saturated heterocycles. The highest BCUT2D eigenvalue weighted by Crippen LogP contribution is 2.17. The number of hydrogen-bond acceptors (Lipinski definition) is 4. The van der Waals surface area contributed by atoms with E-state index in [9.17, 15) is 12.8 Å². The highest BCUT2D eigenvalue weighted by molar-refractivity contribution is 7.91. The van der Waals surface area contributed by atoms with E-state index < -0.39 is 15.7 Å². The molecule has 2 N–H and O–H groups in total. The van der Waals surface area contributed by atoms with Crippen LogP contribution in [0.1, 0.15) is 18.4 Å². The van der Waals surface area contributed by atoms with Crippen LogP contribution in [0.25, 0.3) is 0 Å². The van der Waals surface area contributed by atoms with Crippen LogP contribution < -0.4 is 5.32 Å². The van der Waals surface area contributed by atoms with Gasteiger partial charge in [0.2, 0.25) is 0 Å². The Morgan fingerprint density at radius 2 is 2.22 bits per heavy atom. The molecule has 6 heteroatoms. The molecule has 1 aromatic rings. The normalized spacial score (nSPS) is 22.8. The van der Waals surface area contributed by atoms with Gasteiger partial charge in [-0.05, 0) is 30.5 Å². The Kier molecular flexibility index (Phi) is 3.87. The zero-order valence-corrected chi connectivity index (χ0v) is 10.7. The first kappa shape index (κ1) is 13.3. The highest BCUT2D eigenvalue weighted by atomic mass is 32.2. The van der Waals surface area contributed by atoms with Crippen molar-refractivity contribution in [3.8, 4) is 5.75 Å². The van der Waals surface area contributed by atoms with Crippen LogP contribution in [0.5, 0.6) is 5.75 Å². The maximum absolute atomic E-state index is 13.1. The SMILES string of the molecule is O=S1(=O)CCCC(NCc2ccc(O)c(F)c2)C1. The second-order valence-electron chi connectivity index (χ2n) is 4.62. The van der Waals surface area contributed by atoms with E-state index in [1.54, 1.807) is 6.07 Å². The van der Waals surface area contributed by atoms with Gasteiger partial charge in [0.15, 0.2) is 21.4 Å². The molecule has 2 rings (SSSR count). The summed E-state index contributed by atoms with van der Waals surface area (Å²) in [4.78, 5) is 0. The number of phenols is 1. The van der Waals surface area contributed by atoms with E-state index in [1.165, 1.54) is 12.1 Å². The highest BCUT2D eigenvalue weighted by Gasteiger charge is 2.24. The van der Waals surface area contributed by atoms with Gasteiger partial charge in [0.25, 0.3) is 0 Å². The van der Waals surface area contributed by atoms with Crippen molar-refractivity contribution in [1.29, 1.82) is 0 Å². The molecule has 100 valence electrons. The first-order valence-electron chi connectivity index (χ1n) is 5.87. The Morgan fingerprint density at radius 3 is 2.89 bits per heavy atom. The topological polar surface area (TPSA) is 66.4 Å². The molecule has 0 amide bonds. The van der Waals surface area contributed by atoms with Crippen molar-refractivity contribution < 1.29 is 17.9 Å². The van der Waals surface area contributed by atoms with Crippen LogP contribution in [0.2, 0.25) is 0 Å². The summed E-state index contributed by atoms with van der Waals surface area (Å²) in [7, 11) is -2.93. The molecule has 1 atom stereocenters. The number of aromatic hydroxyl groups is 1. The monoisotopic (exact) mass is 273 g/mol. The Balaban J connectivity index is 1.93. The van der Waals surface area contributed by atoms with Gasteiger partial charge in [-0.1, -0.05) is 6.07 Å². The number of phenolic OH excluding ortho intramolecular Hbond substituents is 1. The Hall–Kier alpha value is -1.14. The lowest BCUT2D eigenvalue weighted by atomic mass is 10.1. The van der Waals surface area contributed by atoms with E-state index in [4.69, 9.17) is 5.11 Å². The first-order chi connectivity index (χ1) is 8.46. The Labute approximate surface area is 106 Å². The summed E-state index contributed by atoms with van der Waals surface area (Å²) < 4.78 is 36.0. The van der Waals surface area contributed by atoms with Gasteiger partial charge in [0, 0.05) is 12.6 Å². The largest absolute Gasteiger partial charge is 0.505 e. The van der Waals surface area contributed by atoms with Crippen LogP contribution in [-0.4, -0.2) is 31.1 Å². The molecular weight excluding hydrogens is 257 g/mol. The third kappa shape index (κ3) is 3.43. The van der Waals surface area contributed by atoms with Crippen LogP contribution >= 0.6 is 0 Å². The lowest BCUT2D eigenvalue weighted by Crippen LogP contribution is -2.39. The van der Waals surface area contributed by atoms with Crippen LogP contribution in [0.15, 0.2) is 18.2 Å². The number of sulfone groups is 1. The van der Waals surface area contributed by atoms with Gasteiger partial charge in [-0.2, -0.15) is 0 Å². The molecule has 1 fully saturated rings. The maximum atomic E-state index is 13.1. The molecule has 0 bridgehead atoms. The maximum Gasteiger partial charge on any atom is 0.165 e. The zero-order valence-electron chi connectivity index (χ0n) is 9.89. The Morgan fingerprint density at radius 1 is 1.44 bits per heavy atom. The summed E-state index contributed by atoms with van der Waals surface area (Å²) >= 11 is 0. The van der Waals surface area contributed by atoms with E-state index in [0.717, 1.165) is 6.42 Å². The van der Waals surface area contributed by atoms with E-state index in [2.05, 4.69) is 5.32 Å². The van der Waals surface area contributed by atoms with Crippen LogP contribution in [0.4, 0.5) is 4.39 Å². The lowest BCUT2D eigenvalue weighted by Gasteiger charge is -2.23. The predicted molar refractivity (Wildman–Crippen MR) is 66.6 cm³/mol. The van der Waals surface area contributed by atoms with Crippen molar-refractivity contribution in [2.24, 2.45) is 0 Å². The van der Waals surface area contributed by atoms with E-state index in [0.29, 0.717) is 18.5 Å². The first-order valence-corrected chi connectivity index (χ1v) is 7.69. The van der Waals surface area contributed by atoms with Crippen molar-refractivity contribution in [3.63, 3.8) is 0 Å². The summed E-state index contributed by atoms with van der Waals surface area (Å²) in [5.41, 5.74) is 0.688. The standard InChI is InChI=1S/C12H16FNO3S/c13-11-6-9(3-4-12(11)15)7-14-10-2-1-5-18(16,17)8-10/h3-4,6,10,14-15H,1-2,5,7-8H2. The summed E-state index contributed by atoms with van der Waals surface area (Å²) in [6, 6.07) is 4.09. The van der Waals surface area contributed by atoms with Crippen molar-refractivity contribution in [2.45, 2.75) is 25.4 Å². The molecule has 0 radical (unpaired) electrons. The Bertz CT molecular complexity index is 530. The average molecular weight is 273 g/mol. The second kappa shape index (κ2) is 5.24. The molecule has 18 heavy (non-hydrogen) atoms. The molecule has 0 aliphatic carbocycles. The van der Waals surface area contributed by atoms with Gasteiger partial charge < -0.3 is 10.4 Å². The summed E-state index contributed by atoms with van der Waals surface area (Å²) in [5.74, 6) is -0.628. The van der Waals surface area contributed by atoms with E-state index in [-0.39, 0.29) is 23.3 Å².